The molecule has 0 spiro atoms. The second-order valence-corrected chi connectivity index (χ2v) is 5.63. The van der Waals surface area contributed by atoms with E-state index in [9.17, 15) is 9.90 Å². The summed E-state index contributed by atoms with van der Waals surface area (Å²) in [6, 6.07) is 4.94. The van der Waals surface area contributed by atoms with Crippen LogP contribution in [-0.4, -0.2) is 17.2 Å². The maximum Gasteiger partial charge on any atom is 0.274 e. The third kappa shape index (κ3) is 3.29. The van der Waals surface area contributed by atoms with Crippen LogP contribution >= 0.6 is 31.9 Å². The number of aromatic hydroxyl groups is 1. The maximum absolute atomic E-state index is 11.8. The highest BCUT2D eigenvalue weighted by atomic mass is 79.9. The maximum atomic E-state index is 11.8. The normalized spacial score (nSPS) is 10.9. The van der Waals surface area contributed by atoms with Gasteiger partial charge in [-0.3, -0.25) is 4.79 Å². The van der Waals surface area contributed by atoms with Gasteiger partial charge in [0, 0.05) is 0 Å². The lowest BCUT2D eigenvalue weighted by Gasteiger charge is -2.02. The van der Waals surface area contributed by atoms with Crippen molar-refractivity contribution in [2.24, 2.45) is 5.10 Å². The molecule has 0 bridgehead atoms. The lowest BCUT2D eigenvalue weighted by molar-refractivity contribution is 0.0953. The number of phenols is 1. The number of carbonyl (C=O) groups excluding carboxylic acids is 1. The molecule has 0 unspecified atom stereocenters. The molecule has 2 aromatic rings. The summed E-state index contributed by atoms with van der Waals surface area (Å²) in [6.07, 6.45) is 2.92. The third-order valence-corrected chi connectivity index (χ3v) is 3.73. The number of halogens is 2. The largest absolute Gasteiger partial charge is 0.506 e. The van der Waals surface area contributed by atoms with Gasteiger partial charge < -0.3 is 9.52 Å². The number of amides is 1. The van der Waals surface area contributed by atoms with Gasteiger partial charge in [0.2, 0.25) is 0 Å². The number of nitrogens with one attached hydrogen (secondary N) is 1. The van der Waals surface area contributed by atoms with Crippen molar-refractivity contribution in [1.29, 1.82) is 0 Å². The first-order valence-electron chi connectivity index (χ1n) is 5.54. The number of carbonyl (C=O) groups is 1. The van der Waals surface area contributed by atoms with Crippen LogP contribution < -0.4 is 5.43 Å². The quantitative estimate of drug-likeness (QED) is 0.609. The van der Waals surface area contributed by atoms with Crippen molar-refractivity contribution in [1.82, 2.24) is 5.43 Å². The molecule has 2 N–H and O–H groups in total. The zero-order valence-electron chi connectivity index (χ0n) is 10.4. The highest BCUT2D eigenvalue weighted by molar-refractivity contribution is 9.11. The Morgan fingerprint density at radius 2 is 2.05 bits per heavy atom. The Balaban J connectivity index is 2.08. The van der Waals surface area contributed by atoms with Gasteiger partial charge in [-0.15, -0.1) is 0 Å². The van der Waals surface area contributed by atoms with Crippen molar-refractivity contribution in [3.8, 4) is 5.75 Å². The number of benzene rings is 1. The monoisotopic (exact) mass is 400 g/mol. The molecular weight excluding hydrogens is 392 g/mol. The van der Waals surface area contributed by atoms with E-state index in [0.29, 0.717) is 25.8 Å². The Morgan fingerprint density at radius 1 is 1.40 bits per heavy atom. The van der Waals surface area contributed by atoms with E-state index in [4.69, 9.17) is 4.42 Å². The zero-order chi connectivity index (χ0) is 14.7. The highest BCUT2D eigenvalue weighted by Crippen LogP contribution is 2.32. The lowest BCUT2D eigenvalue weighted by Crippen LogP contribution is -2.17. The first-order valence-corrected chi connectivity index (χ1v) is 7.13. The van der Waals surface area contributed by atoms with Crippen LogP contribution in [0.1, 0.15) is 21.7 Å². The van der Waals surface area contributed by atoms with Gasteiger partial charge in [-0.05, 0) is 62.5 Å². The number of nitrogens with zero attached hydrogens (tertiary/aromatic N) is 1. The van der Waals surface area contributed by atoms with Crippen LogP contribution in [0.25, 0.3) is 0 Å². The van der Waals surface area contributed by atoms with Crippen molar-refractivity contribution in [2.75, 3.05) is 0 Å². The first kappa shape index (κ1) is 14.8. The van der Waals surface area contributed by atoms with E-state index < -0.39 is 0 Å². The first-order chi connectivity index (χ1) is 9.49. The van der Waals surface area contributed by atoms with Crippen molar-refractivity contribution >= 4 is 44.0 Å². The summed E-state index contributed by atoms with van der Waals surface area (Å²) in [5.74, 6) is 0.303. The fourth-order valence-corrected chi connectivity index (χ4v) is 2.73. The number of furan rings is 1. The number of hydrogen-bond donors (Lipinski definition) is 2. The second kappa shape index (κ2) is 6.23. The molecule has 0 saturated carbocycles. The van der Waals surface area contributed by atoms with Crippen LogP contribution in [0.4, 0.5) is 0 Å². The standard InChI is InChI=1S/C13H10Br2N2O3/c1-7-9(2-3-20-7)13(19)17-16-6-8-4-10(14)12(18)11(15)5-8/h2-6,18H,1H3,(H,17,19)/b16-6+. The molecule has 5 nitrogen and oxygen atoms in total. The van der Waals surface area contributed by atoms with Crippen LogP contribution in [0, 0.1) is 6.92 Å². The summed E-state index contributed by atoms with van der Waals surface area (Å²) in [5.41, 5.74) is 3.56. The molecule has 2 rings (SSSR count). The number of rotatable bonds is 3. The molecule has 0 atom stereocenters. The smallest absolute Gasteiger partial charge is 0.274 e. The van der Waals surface area contributed by atoms with Crippen molar-refractivity contribution < 1.29 is 14.3 Å². The minimum absolute atomic E-state index is 0.111. The Bertz CT molecular complexity index is 657. The molecular formula is C13H10Br2N2O3. The summed E-state index contributed by atoms with van der Waals surface area (Å²) in [4.78, 5) is 11.8. The summed E-state index contributed by atoms with van der Waals surface area (Å²) in [7, 11) is 0. The third-order valence-electron chi connectivity index (χ3n) is 2.52. The fraction of sp³-hybridized carbons (Fsp3) is 0.0769. The Labute approximate surface area is 131 Å². The van der Waals surface area contributed by atoms with Gasteiger partial charge in [0.25, 0.3) is 5.91 Å². The van der Waals surface area contributed by atoms with Gasteiger partial charge in [0.05, 0.1) is 27.0 Å². The second-order valence-electron chi connectivity index (χ2n) is 3.92. The summed E-state index contributed by atoms with van der Waals surface area (Å²) >= 11 is 6.43. The molecule has 0 aliphatic rings. The van der Waals surface area contributed by atoms with E-state index in [1.807, 2.05) is 0 Å². The lowest BCUT2D eigenvalue weighted by atomic mass is 10.2. The molecule has 104 valence electrons. The molecule has 0 saturated heterocycles. The number of aryl methyl sites for hydroxylation is 1. The molecule has 1 amide bonds. The highest BCUT2D eigenvalue weighted by Gasteiger charge is 2.10. The Hall–Kier alpha value is -1.60. The van der Waals surface area contributed by atoms with Crippen LogP contribution in [0.3, 0.4) is 0 Å². The summed E-state index contributed by atoms with van der Waals surface area (Å²) in [6.45, 7) is 1.70. The van der Waals surface area contributed by atoms with E-state index in [-0.39, 0.29) is 11.7 Å². The molecule has 1 heterocycles. The number of phenolic OH excluding ortho intramolecular Hbond substituents is 1. The molecule has 1 aromatic carbocycles. The Kier molecular flexibility index (Phi) is 4.61. The van der Waals surface area contributed by atoms with Gasteiger partial charge in [-0.25, -0.2) is 5.43 Å². The van der Waals surface area contributed by atoms with Gasteiger partial charge >= 0.3 is 0 Å². The predicted molar refractivity (Wildman–Crippen MR) is 82.0 cm³/mol. The van der Waals surface area contributed by atoms with Gasteiger partial charge in [-0.1, -0.05) is 0 Å². The van der Waals surface area contributed by atoms with Crippen LogP contribution in [0.2, 0.25) is 0 Å². The van der Waals surface area contributed by atoms with E-state index in [2.05, 4.69) is 42.4 Å². The van der Waals surface area contributed by atoms with Gasteiger partial charge in [0.15, 0.2) is 0 Å². The molecule has 0 radical (unpaired) electrons. The average Bonchev–Trinajstić information content (AvgIpc) is 2.82. The molecule has 7 heteroatoms. The summed E-state index contributed by atoms with van der Waals surface area (Å²) in [5, 5.41) is 13.4. The predicted octanol–water partition coefficient (Wildman–Crippen LogP) is 3.58. The number of hydrogen-bond acceptors (Lipinski definition) is 4. The molecule has 0 aliphatic carbocycles. The molecule has 0 aliphatic heterocycles. The van der Waals surface area contributed by atoms with Crippen LogP contribution in [0.5, 0.6) is 5.75 Å². The van der Waals surface area contributed by atoms with Crippen LogP contribution in [0.15, 0.2) is 42.9 Å². The Morgan fingerprint density at radius 3 is 2.60 bits per heavy atom. The molecule has 20 heavy (non-hydrogen) atoms. The summed E-state index contributed by atoms with van der Waals surface area (Å²) < 4.78 is 6.11. The van der Waals surface area contributed by atoms with E-state index in [0.717, 1.165) is 0 Å². The van der Waals surface area contributed by atoms with Gasteiger partial charge in [-0.2, -0.15) is 5.10 Å². The van der Waals surface area contributed by atoms with Crippen molar-refractivity contribution in [3.63, 3.8) is 0 Å². The number of hydrazone groups is 1. The van der Waals surface area contributed by atoms with Crippen molar-refractivity contribution in [2.45, 2.75) is 6.92 Å². The average molecular weight is 402 g/mol. The van der Waals surface area contributed by atoms with E-state index in [1.54, 1.807) is 25.1 Å². The molecule has 0 fully saturated rings. The SMILES string of the molecule is Cc1occc1C(=O)N/N=C/c1cc(Br)c(O)c(Br)c1. The molecule has 1 aromatic heterocycles. The van der Waals surface area contributed by atoms with E-state index >= 15 is 0 Å². The van der Waals surface area contributed by atoms with Crippen LogP contribution in [-0.2, 0) is 0 Å². The zero-order valence-corrected chi connectivity index (χ0v) is 13.5. The fourth-order valence-electron chi connectivity index (χ4n) is 1.51. The minimum Gasteiger partial charge on any atom is -0.506 e. The minimum atomic E-state index is -0.343. The van der Waals surface area contributed by atoms with E-state index in [1.165, 1.54) is 12.5 Å². The van der Waals surface area contributed by atoms with Gasteiger partial charge in [0.1, 0.15) is 11.5 Å². The van der Waals surface area contributed by atoms with Crippen molar-refractivity contribution in [3.05, 3.63) is 50.3 Å². The topological polar surface area (TPSA) is 74.8 Å².